The van der Waals surface area contributed by atoms with Gasteiger partial charge in [-0.25, -0.2) is 0 Å². The fraction of sp³-hybridized carbons (Fsp3) is 0.400. The van der Waals surface area contributed by atoms with Gasteiger partial charge < -0.3 is 4.74 Å². The lowest BCUT2D eigenvalue weighted by Gasteiger charge is -2.22. The van der Waals surface area contributed by atoms with E-state index in [0.29, 0.717) is 0 Å². The van der Waals surface area contributed by atoms with E-state index in [1.165, 1.54) is 10.9 Å². The molecule has 0 saturated heterocycles. The van der Waals surface area contributed by atoms with Crippen LogP contribution < -0.4 is 4.74 Å². The molecule has 2 nitrogen and oxygen atoms in total. The molecule has 17 heavy (non-hydrogen) atoms. The monoisotopic (exact) mass is 229 g/mol. The van der Waals surface area contributed by atoms with Gasteiger partial charge in [0.2, 0.25) is 0 Å². The van der Waals surface area contributed by atoms with Gasteiger partial charge >= 0.3 is 0 Å². The van der Waals surface area contributed by atoms with E-state index in [4.69, 9.17) is 4.74 Å². The van der Waals surface area contributed by atoms with Crippen molar-refractivity contribution < 1.29 is 4.74 Å². The van der Waals surface area contributed by atoms with Crippen molar-refractivity contribution in [3.05, 3.63) is 35.5 Å². The minimum Gasteiger partial charge on any atom is -0.497 e. The van der Waals surface area contributed by atoms with Crippen molar-refractivity contribution >= 4 is 10.9 Å². The second-order valence-electron chi connectivity index (χ2n) is 5.44. The zero-order valence-electron chi connectivity index (χ0n) is 11.2. The first kappa shape index (κ1) is 11.9. The van der Waals surface area contributed by atoms with E-state index in [1.807, 2.05) is 19.1 Å². The van der Waals surface area contributed by atoms with Crippen LogP contribution in [0.4, 0.5) is 0 Å². The smallest absolute Gasteiger partial charge is 0.121 e. The number of hydrogen-bond donors (Lipinski definition) is 0. The third kappa shape index (κ3) is 2.26. The highest BCUT2D eigenvalue weighted by Crippen LogP contribution is 2.31. The summed E-state index contributed by atoms with van der Waals surface area (Å²) in [5.74, 6) is 0.857. The number of benzene rings is 1. The summed E-state index contributed by atoms with van der Waals surface area (Å²) < 4.78 is 5.25. The van der Waals surface area contributed by atoms with E-state index >= 15 is 0 Å². The van der Waals surface area contributed by atoms with E-state index in [9.17, 15) is 0 Å². The van der Waals surface area contributed by atoms with Crippen LogP contribution in [0, 0.1) is 6.92 Å². The number of pyridine rings is 1. The first-order valence-electron chi connectivity index (χ1n) is 5.87. The fourth-order valence-corrected chi connectivity index (χ4v) is 2.09. The third-order valence-corrected chi connectivity index (χ3v) is 2.95. The lowest BCUT2D eigenvalue weighted by atomic mass is 9.84. The standard InChI is InChI=1S/C15H19NO/c1-10-8-13(15(2,3)4)12-7-6-11(17-5)9-14(12)16-10/h6-9H,1-5H3. The third-order valence-electron chi connectivity index (χ3n) is 2.95. The van der Waals surface area contributed by atoms with Crippen LogP contribution in [0.2, 0.25) is 0 Å². The van der Waals surface area contributed by atoms with Crippen molar-refractivity contribution in [2.24, 2.45) is 0 Å². The lowest BCUT2D eigenvalue weighted by molar-refractivity contribution is 0.415. The van der Waals surface area contributed by atoms with Crippen molar-refractivity contribution in [3.8, 4) is 5.75 Å². The van der Waals surface area contributed by atoms with Crippen LogP contribution in [-0.2, 0) is 5.41 Å². The lowest BCUT2D eigenvalue weighted by Crippen LogP contribution is -2.12. The normalized spacial score (nSPS) is 11.8. The average molecular weight is 229 g/mol. The zero-order valence-corrected chi connectivity index (χ0v) is 11.2. The van der Waals surface area contributed by atoms with Crippen LogP contribution in [-0.4, -0.2) is 12.1 Å². The molecule has 0 spiro atoms. The summed E-state index contributed by atoms with van der Waals surface area (Å²) in [7, 11) is 1.68. The van der Waals surface area contributed by atoms with Gasteiger partial charge in [0, 0.05) is 17.1 Å². The number of hydrogen-bond acceptors (Lipinski definition) is 2. The molecule has 2 rings (SSSR count). The Labute approximate surface area is 103 Å². The van der Waals surface area contributed by atoms with Gasteiger partial charge in [0.25, 0.3) is 0 Å². The SMILES string of the molecule is COc1ccc2c(C(C)(C)C)cc(C)nc2c1. The number of methoxy groups -OCH3 is 1. The van der Waals surface area contributed by atoms with Gasteiger partial charge in [-0.3, -0.25) is 4.98 Å². The maximum Gasteiger partial charge on any atom is 0.121 e. The van der Waals surface area contributed by atoms with E-state index in [0.717, 1.165) is 17.0 Å². The summed E-state index contributed by atoms with van der Waals surface area (Å²) in [5.41, 5.74) is 3.52. The largest absolute Gasteiger partial charge is 0.497 e. The second kappa shape index (κ2) is 4.02. The summed E-state index contributed by atoms with van der Waals surface area (Å²) in [6.45, 7) is 8.72. The molecule has 0 aliphatic rings. The zero-order chi connectivity index (χ0) is 12.6. The molecule has 1 heterocycles. The Balaban J connectivity index is 2.77. The highest BCUT2D eigenvalue weighted by atomic mass is 16.5. The molecule has 0 aliphatic carbocycles. The number of aryl methyl sites for hydroxylation is 1. The van der Waals surface area contributed by atoms with Crippen LogP contribution >= 0.6 is 0 Å². The molecule has 1 aromatic heterocycles. The number of rotatable bonds is 1. The molecule has 2 aromatic rings. The Morgan fingerprint density at radius 2 is 1.82 bits per heavy atom. The van der Waals surface area contributed by atoms with Crippen molar-refractivity contribution in [3.63, 3.8) is 0 Å². The van der Waals surface area contributed by atoms with Gasteiger partial charge in [-0.05, 0) is 36.1 Å². The first-order valence-corrected chi connectivity index (χ1v) is 5.87. The quantitative estimate of drug-likeness (QED) is 0.741. The summed E-state index contributed by atoms with van der Waals surface area (Å²) in [4.78, 5) is 4.58. The van der Waals surface area contributed by atoms with Crippen LogP contribution in [0.3, 0.4) is 0 Å². The molecule has 0 atom stereocenters. The van der Waals surface area contributed by atoms with E-state index < -0.39 is 0 Å². The second-order valence-corrected chi connectivity index (χ2v) is 5.44. The number of aromatic nitrogens is 1. The topological polar surface area (TPSA) is 22.1 Å². The Hall–Kier alpha value is -1.57. The number of ether oxygens (including phenoxy) is 1. The summed E-state index contributed by atoms with van der Waals surface area (Å²) >= 11 is 0. The van der Waals surface area contributed by atoms with Crippen LogP contribution in [0.15, 0.2) is 24.3 Å². The maximum absolute atomic E-state index is 5.25. The summed E-state index contributed by atoms with van der Waals surface area (Å²) in [6.07, 6.45) is 0. The number of nitrogens with zero attached hydrogens (tertiary/aromatic N) is 1. The molecule has 0 N–H and O–H groups in total. The molecule has 0 aliphatic heterocycles. The molecule has 0 fully saturated rings. The predicted octanol–water partition coefficient (Wildman–Crippen LogP) is 3.85. The van der Waals surface area contributed by atoms with Gasteiger partial charge in [-0.1, -0.05) is 20.8 Å². The molecule has 0 saturated carbocycles. The Bertz CT molecular complexity index is 553. The van der Waals surface area contributed by atoms with Gasteiger partial charge in [-0.15, -0.1) is 0 Å². The minimum absolute atomic E-state index is 0.126. The Morgan fingerprint density at radius 3 is 2.41 bits per heavy atom. The molecule has 0 bridgehead atoms. The van der Waals surface area contributed by atoms with Crippen molar-refractivity contribution in [2.45, 2.75) is 33.1 Å². The van der Waals surface area contributed by atoms with Crippen LogP contribution in [0.5, 0.6) is 5.75 Å². The minimum atomic E-state index is 0.126. The molecule has 0 radical (unpaired) electrons. The first-order chi connectivity index (χ1) is 7.91. The molecular formula is C15H19NO. The van der Waals surface area contributed by atoms with Crippen LogP contribution in [0.25, 0.3) is 10.9 Å². The van der Waals surface area contributed by atoms with Crippen molar-refractivity contribution in [1.82, 2.24) is 4.98 Å². The molecule has 0 unspecified atom stereocenters. The van der Waals surface area contributed by atoms with Gasteiger partial charge in [0.05, 0.1) is 12.6 Å². The molecule has 1 aromatic carbocycles. The van der Waals surface area contributed by atoms with Crippen LogP contribution in [0.1, 0.15) is 32.0 Å². The van der Waals surface area contributed by atoms with Gasteiger partial charge in [-0.2, -0.15) is 0 Å². The molecule has 0 amide bonds. The molecule has 2 heteroatoms. The van der Waals surface area contributed by atoms with E-state index in [2.05, 4.69) is 37.9 Å². The number of fused-ring (bicyclic) bond motifs is 1. The maximum atomic E-state index is 5.25. The summed E-state index contributed by atoms with van der Waals surface area (Å²) in [6, 6.07) is 8.27. The van der Waals surface area contributed by atoms with Crippen molar-refractivity contribution in [1.29, 1.82) is 0 Å². The molecule has 90 valence electrons. The molecular weight excluding hydrogens is 210 g/mol. The van der Waals surface area contributed by atoms with Gasteiger partial charge in [0.1, 0.15) is 5.75 Å². The Morgan fingerprint density at radius 1 is 1.12 bits per heavy atom. The average Bonchev–Trinajstić information content (AvgIpc) is 2.25. The Kier molecular flexibility index (Phi) is 2.82. The van der Waals surface area contributed by atoms with E-state index in [1.54, 1.807) is 7.11 Å². The predicted molar refractivity (Wildman–Crippen MR) is 71.7 cm³/mol. The van der Waals surface area contributed by atoms with E-state index in [-0.39, 0.29) is 5.41 Å². The highest BCUT2D eigenvalue weighted by molar-refractivity contribution is 5.84. The van der Waals surface area contributed by atoms with Gasteiger partial charge in [0.15, 0.2) is 0 Å². The highest BCUT2D eigenvalue weighted by Gasteiger charge is 2.18. The van der Waals surface area contributed by atoms with Crippen molar-refractivity contribution in [2.75, 3.05) is 7.11 Å². The summed E-state index contributed by atoms with van der Waals surface area (Å²) in [5, 5.41) is 1.21. The fourth-order valence-electron chi connectivity index (χ4n) is 2.09.